The van der Waals surface area contributed by atoms with E-state index >= 15 is 0 Å². The third-order valence-electron chi connectivity index (χ3n) is 5.01. The van der Waals surface area contributed by atoms with E-state index in [0.29, 0.717) is 35.6 Å². The second kappa shape index (κ2) is 10.3. The summed E-state index contributed by atoms with van der Waals surface area (Å²) in [6, 6.07) is 11.2. The summed E-state index contributed by atoms with van der Waals surface area (Å²) in [5.74, 6) is -4.24. The Morgan fingerprint density at radius 3 is 2.37 bits per heavy atom. The van der Waals surface area contributed by atoms with E-state index in [1.54, 1.807) is 24.3 Å². The zero-order valence-corrected chi connectivity index (χ0v) is 18.2. The van der Waals surface area contributed by atoms with Gasteiger partial charge in [0.05, 0.1) is 17.8 Å². The molecule has 178 valence electrons. The Balaban J connectivity index is 1.58. The molecule has 4 rings (SSSR count). The monoisotopic (exact) mass is 480 g/mol. The van der Waals surface area contributed by atoms with Gasteiger partial charge in [-0.1, -0.05) is 18.2 Å². The Morgan fingerprint density at radius 1 is 0.971 bits per heavy atom. The molecule has 35 heavy (non-hydrogen) atoms. The molecule has 11 heteroatoms. The van der Waals surface area contributed by atoms with Gasteiger partial charge in [0, 0.05) is 42.7 Å². The van der Waals surface area contributed by atoms with E-state index in [1.165, 1.54) is 24.5 Å². The number of hydrogen-bond donors (Lipinski definition) is 2. The van der Waals surface area contributed by atoms with Crippen molar-refractivity contribution in [2.24, 2.45) is 5.73 Å². The molecule has 0 fully saturated rings. The molecule has 4 aromatic rings. The highest BCUT2D eigenvalue weighted by Gasteiger charge is 2.14. The van der Waals surface area contributed by atoms with Crippen molar-refractivity contribution in [1.29, 1.82) is 0 Å². The van der Waals surface area contributed by atoms with Crippen molar-refractivity contribution in [3.8, 4) is 22.6 Å². The third kappa shape index (κ3) is 5.41. The van der Waals surface area contributed by atoms with Crippen LogP contribution in [0.15, 0.2) is 65.7 Å². The zero-order valence-electron chi connectivity index (χ0n) is 18.2. The zero-order chi connectivity index (χ0) is 24.9. The van der Waals surface area contributed by atoms with Gasteiger partial charge < -0.3 is 11.1 Å². The summed E-state index contributed by atoms with van der Waals surface area (Å²) in [4.78, 5) is 32.8. The molecule has 0 radical (unpaired) electrons. The molecule has 8 nitrogen and oxygen atoms in total. The first-order valence-corrected chi connectivity index (χ1v) is 10.5. The number of nitrogens with two attached hydrogens (primary N) is 1. The quantitative estimate of drug-likeness (QED) is 0.393. The van der Waals surface area contributed by atoms with Crippen molar-refractivity contribution in [3.63, 3.8) is 0 Å². The van der Waals surface area contributed by atoms with E-state index in [1.807, 2.05) is 0 Å². The van der Waals surface area contributed by atoms with E-state index in [0.717, 1.165) is 16.8 Å². The van der Waals surface area contributed by atoms with Crippen molar-refractivity contribution in [1.82, 2.24) is 25.1 Å². The predicted molar refractivity (Wildman–Crippen MR) is 122 cm³/mol. The van der Waals surface area contributed by atoms with Crippen LogP contribution in [0.5, 0.6) is 0 Å². The van der Waals surface area contributed by atoms with E-state index in [2.05, 4.69) is 20.4 Å². The number of amides is 1. The molecule has 2 aromatic carbocycles. The Morgan fingerprint density at radius 2 is 1.69 bits per heavy atom. The second-order valence-corrected chi connectivity index (χ2v) is 7.51. The molecule has 0 saturated heterocycles. The van der Waals surface area contributed by atoms with Gasteiger partial charge in [0.2, 0.25) is 0 Å². The average molecular weight is 480 g/mol. The predicted octanol–water partition coefficient (Wildman–Crippen LogP) is 2.52. The lowest BCUT2D eigenvalue weighted by molar-refractivity contribution is 0.0954. The summed E-state index contributed by atoms with van der Waals surface area (Å²) in [5, 5.41) is 6.80. The van der Waals surface area contributed by atoms with Crippen LogP contribution in [0.3, 0.4) is 0 Å². The smallest absolute Gasteiger partial charge is 0.267 e. The van der Waals surface area contributed by atoms with Crippen molar-refractivity contribution in [2.45, 2.75) is 6.54 Å². The van der Waals surface area contributed by atoms with Gasteiger partial charge in [-0.05, 0) is 29.8 Å². The molecule has 3 N–H and O–H groups in total. The fourth-order valence-electron chi connectivity index (χ4n) is 3.28. The van der Waals surface area contributed by atoms with Gasteiger partial charge in [-0.15, -0.1) is 0 Å². The highest BCUT2D eigenvalue weighted by Crippen LogP contribution is 2.22. The lowest BCUT2D eigenvalue weighted by Crippen LogP contribution is -2.29. The Hall–Kier alpha value is -4.38. The molecule has 2 heterocycles. The molecular formula is C24H19F3N6O2. The molecule has 0 saturated carbocycles. The maximum atomic E-state index is 13.6. The highest BCUT2D eigenvalue weighted by atomic mass is 19.2. The summed E-state index contributed by atoms with van der Waals surface area (Å²) in [5.41, 5.74) is 6.64. The van der Waals surface area contributed by atoms with Gasteiger partial charge >= 0.3 is 0 Å². The van der Waals surface area contributed by atoms with Crippen LogP contribution in [0, 0.1) is 17.5 Å². The van der Waals surface area contributed by atoms with Crippen molar-refractivity contribution in [2.75, 3.05) is 13.1 Å². The molecule has 0 unspecified atom stereocenters. The number of halogens is 3. The fourth-order valence-corrected chi connectivity index (χ4v) is 3.28. The molecule has 0 bridgehead atoms. The Labute approximate surface area is 197 Å². The molecule has 2 aromatic heterocycles. The summed E-state index contributed by atoms with van der Waals surface area (Å²) in [7, 11) is 0. The van der Waals surface area contributed by atoms with Gasteiger partial charge in [0.1, 0.15) is 0 Å². The summed E-state index contributed by atoms with van der Waals surface area (Å²) >= 11 is 0. The maximum Gasteiger partial charge on any atom is 0.267 e. The van der Waals surface area contributed by atoms with Crippen LogP contribution in [0.25, 0.3) is 22.6 Å². The SMILES string of the molecule is NCCNC(=O)c1cnc(-c2cccc(Cn3nc(-c4cc(F)c(F)c(F)c4)ccc3=O)c2)nc1. The highest BCUT2D eigenvalue weighted by molar-refractivity contribution is 5.93. The van der Waals surface area contributed by atoms with Crippen molar-refractivity contribution < 1.29 is 18.0 Å². The summed E-state index contributed by atoms with van der Waals surface area (Å²) in [6.45, 7) is 0.699. The molecule has 0 spiro atoms. The molecule has 0 aliphatic carbocycles. The van der Waals surface area contributed by atoms with Crippen LogP contribution in [0.1, 0.15) is 15.9 Å². The molecule has 0 aliphatic heterocycles. The maximum absolute atomic E-state index is 13.6. The Kier molecular flexibility index (Phi) is 6.97. The van der Waals surface area contributed by atoms with Crippen LogP contribution in [0.4, 0.5) is 13.2 Å². The lowest BCUT2D eigenvalue weighted by atomic mass is 10.1. The first kappa shape index (κ1) is 23.8. The van der Waals surface area contributed by atoms with Gasteiger partial charge in [0.15, 0.2) is 23.3 Å². The minimum Gasteiger partial charge on any atom is -0.351 e. The minimum absolute atomic E-state index is 0.00658. The lowest BCUT2D eigenvalue weighted by Gasteiger charge is -2.09. The standard InChI is InChI=1S/C24H19F3N6O2/c25-18-9-16(10-19(26)22(18)27)20-4-5-21(34)33(32-20)13-14-2-1-3-15(8-14)23-30-11-17(12-31-23)24(35)29-7-6-28/h1-5,8-12H,6-7,13,28H2,(H,29,35). The van der Waals surface area contributed by atoms with Crippen LogP contribution in [0.2, 0.25) is 0 Å². The minimum atomic E-state index is -1.58. The van der Waals surface area contributed by atoms with E-state index in [9.17, 15) is 22.8 Å². The first-order valence-electron chi connectivity index (χ1n) is 10.5. The van der Waals surface area contributed by atoms with Crippen molar-refractivity contribution in [3.05, 3.63) is 99.9 Å². The second-order valence-electron chi connectivity index (χ2n) is 7.51. The number of aromatic nitrogens is 4. The van der Waals surface area contributed by atoms with E-state index < -0.39 is 23.0 Å². The van der Waals surface area contributed by atoms with E-state index in [4.69, 9.17) is 5.73 Å². The van der Waals surface area contributed by atoms with E-state index in [-0.39, 0.29) is 23.7 Å². The Bertz CT molecular complexity index is 1420. The van der Waals surface area contributed by atoms with Gasteiger partial charge in [-0.25, -0.2) is 27.8 Å². The number of benzene rings is 2. The number of nitrogens with zero attached hydrogens (tertiary/aromatic N) is 4. The molecule has 1 amide bonds. The molecule has 0 atom stereocenters. The fraction of sp³-hybridized carbons (Fsp3) is 0.125. The topological polar surface area (TPSA) is 116 Å². The summed E-state index contributed by atoms with van der Waals surface area (Å²) < 4.78 is 41.7. The van der Waals surface area contributed by atoms with Crippen LogP contribution in [-0.2, 0) is 6.54 Å². The number of rotatable bonds is 7. The van der Waals surface area contributed by atoms with Gasteiger partial charge in [0.25, 0.3) is 11.5 Å². The average Bonchev–Trinajstić information content (AvgIpc) is 2.87. The van der Waals surface area contributed by atoms with Gasteiger partial charge in [-0.2, -0.15) is 5.10 Å². The molecule has 0 aliphatic rings. The number of nitrogens with one attached hydrogen (secondary N) is 1. The van der Waals surface area contributed by atoms with Crippen LogP contribution >= 0.6 is 0 Å². The van der Waals surface area contributed by atoms with Crippen molar-refractivity contribution >= 4 is 5.91 Å². The summed E-state index contributed by atoms with van der Waals surface area (Å²) in [6.07, 6.45) is 2.80. The normalized spacial score (nSPS) is 10.9. The molecular weight excluding hydrogens is 461 g/mol. The first-order chi connectivity index (χ1) is 16.9. The van der Waals surface area contributed by atoms with Crippen LogP contribution in [-0.4, -0.2) is 38.7 Å². The number of carbonyl (C=O) groups is 1. The van der Waals surface area contributed by atoms with Crippen LogP contribution < -0.4 is 16.6 Å². The number of carbonyl (C=O) groups excluding carboxylic acids is 1. The number of hydrogen-bond acceptors (Lipinski definition) is 6. The van der Waals surface area contributed by atoms with Gasteiger partial charge in [-0.3, -0.25) is 9.59 Å². The largest absolute Gasteiger partial charge is 0.351 e. The third-order valence-corrected chi connectivity index (χ3v) is 5.01.